The molecule has 0 bridgehead atoms. The van der Waals surface area contributed by atoms with E-state index < -0.39 is 6.42 Å². The van der Waals surface area contributed by atoms with E-state index in [-0.39, 0.29) is 20.1 Å². The zero-order valence-electron chi connectivity index (χ0n) is 21.5. The van der Waals surface area contributed by atoms with Crippen LogP contribution in [0.2, 0.25) is 0 Å². The van der Waals surface area contributed by atoms with Crippen molar-refractivity contribution < 1.29 is 20.1 Å². The summed E-state index contributed by atoms with van der Waals surface area (Å²) in [6, 6.07) is 38.3. The average Bonchev–Trinajstić information content (AvgIpc) is 3.60. The average molecular weight is 676 g/mol. The van der Waals surface area contributed by atoms with E-state index in [9.17, 15) is 0 Å². The van der Waals surface area contributed by atoms with Gasteiger partial charge in [0.15, 0.2) is 12.4 Å². The molecule has 0 amide bonds. The monoisotopic (exact) mass is 676 g/mol. The predicted molar refractivity (Wildman–Crippen MR) is 153 cm³/mol. The maximum Gasteiger partial charge on any atom is 0.302 e. The Kier molecular flexibility index (Phi) is 8.85. The molecule has 0 aliphatic rings. The van der Waals surface area contributed by atoms with Crippen LogP contribution in [0.25, 0.3) is 11.3 Å². The van der Waals surface area contributed by atoms with Crippen LogP contribution >= 0.6 is 0 Å². The van der Waals surface area contributed by atoms with Gasteiger partial charge in [0.05, 0.1) is 0 Å². The predicted octanol–water partition coefficient (Wildman–Crippen LogP) is 4.73. The first-order chi connectivity index (χ1) is 18.2. The van der Waals surface area contributed by atoms with Gasteiger partial charge in [0, 0.05) is 40.4 Å². The van der Waals surface area contributed by atoms with Crippen molar-refractivity contribution in [3.63, 3.8) is 0 Å². The summed E-state index contributed by atoms with van der Waals surface area (Å²) in [5.74, 6) is 0. The Morgan fingerprint density at radius 1 is 0.632 bits per heavy atom. The second kappa shape index (κ2) is 12.5. The Morgan fingerprint density at radius 3 is 1.58 bits per heavy atom. The van der Waals surface area contributed by atoms with E-state index in [0.29, 0.717) is 0 Å². The zero-order chi connectivity index (χ0) is 25.5. The van der Waals surface area contributed by atoms with Crippen LogP contribution in [0.15, 0.2) is 147 Å². The van der Waals surface area contributed by atoms with Crippen LogP contribution in [0.1, 0.15) is 0 Å². The van der Waals surface area contributed by atoms with Gasteiger partial charge in [0.1, 0.15) is 25.0 Å². The summed E-state index contributed by atoms with van der Waals surface area (Å²) in [6.07, 6.45) is 13.2. The largest absolute Gasteiger partial charge is 0.366 e. The minimum absolute atomic E-state index is 0. The maximum absolute atomic E-state index is 4.22. The summed E-state index contributed by atoms with van der Waals surface area (Å²) >= 11 is 0. The molecule has 6 aromatic rings. The first kappa shape index (κ1) is 27.0. The third-order valence-corrected chi connectivity index (χ3v) is 6.62. The van der Waals surface area contributed by atoms with Crippen LogP contribution in [-0.2, 0) is 34.2 Å². The van der Waals surface area contributed by atoms with E-state index in [1.54, 1.807) is 6.20 Å². The number of nitrogens with zero attached hydrogens (tertiary/aromatic N) is 5. The van der Waals surface area contributed by atoms with Gasteiger partial charge in [-0.2, -0.15) is 10.9 Å². The molecule has 0 saturated heterocycles. The molecule has 3 aromatic carbocycles. The molecular weight excluding hydrogens is 645 g/mol. The van der Waals surface area contributed by atoms with Gasteiger partial charge in [-0.05, 0) is 11.8 Å². The second-order valence-electron chi connectivity index (χ2n) is 9.14. The van der Waals surface area contributed by atoms with Crippen LogP contribution in [0, 0.1) is 6.07 Å². The molecule has 6 rings (SSSR count). The van der Waals surface area contributed by atoms with Crippen molar-refractivity contribution in [1.29, 1.82) is 0 Å². The SMILES string of the molecule is Cn1ccn([B-](c2ccccc2)(c2ccccc2)n2ccn(C)[cH+]2)[cH+]1.[Ir].[c-]1ccccc1-c1ccccn1. The first-order valence-electron chi connectivity index (χ1n) is 12.4. The van der Waals surface area contributed by atoms with Gasteiger partial charge >= 0.3 is 6.42 Å². The Morgan fingerprint density at radius 2 is 1.16 bits per heavy atom. The number of pyridine rings is 1. The summed E-state index contributed by atoms with van der Waals surface area (Å²) in [5.41, 5.74) is 4.54. The van der Waals surface area contributed by atoms with E-state index >= 15 is 0 Å². The van der Waals surface area contributed by atoms with Crippen LogP contribution in [0.5, 0.6) is 0 Å². The molecular formula is C31H30BIrN5. The third kappa shape index (κ3) is 5.59. The van der Waals surface area contributed by atoms with Crippen molar-refractivity contribution in [2.45, 2.75) is 0 Å². The Labute approximate surface area is 238 Å². The fourth-order valence-electron chi connectivity index (χ4n) is 4.93. The minimum atomic E-state index is -1.38. The van der Waals surface area contributed by atoms with Gasteiger partial charge in [-0.15, -0.1) is 35.9 Å². The van der Waals surface area contributed by atoms with Gasteiger partial charge in [-0.1, -0.05) is 72.8 Å². The number of hydrogen-bond donors (Lipinski definition) is 0. The van der Waals surface area contributed by atoms with Crippen LogP contribution in [-0.4, -0.2) is 29.5 Å². The molecule has 0 saturated carbocycles. The Hall–Kier alpha value is -4.06. The minimum Gasteiger partial charge on any atom is -0.366 e. The molecule has 191 valence electrons. The Balaban J connectivity index is 0.000000218. The number of benzene rings is 3. The number of rotatable bonds is 5. The van der Waals surface area contributed by atoms with Crippen molar-refractivity contribution in [1.82, 2.24) is 23.1 Å². The topological polar surface area (TPSA) is 32.6 Å². The number of hydrogen-bond acceptors (Lipinski definition) is 1. The molecule has 0 spiro atoms. The van der Waals surface area contributed by atoms with Crippen molar-refractivity contribution in [3.05, 3.63) is 153 Å². The standard InChI is InChI=1S/C20H22BN4.C11H8N.Ir/c1-22-13-15-24(17-22)21(19-9-5-3-6-10-19,20-11-7-4-8-12-20)25-16-14-23(2)18-25;1-2-6-10(7-3-1)11-8-4-5-9-12-11;/h3-18H,1-2H3;1-6,8-9H;/q+1;-1;. The van der Waals surface area contributed by atoms with E-state index in [2.05, 4.69) is 141 Å². The summed E-state index contributed by atoms with van der Waals surface area (Å²) < 4.78 is 8.83. The van der Waals surface area contributed by atoms with Crippen LogP contribution in [0.4, 0.5) is 0 Å². The number of imidazole rings is 2. The second-order valence-corrected chi connectivity index (χ2v) is 9.14. The van der Waals surface area contributed by atoms with Gasteiger partial charge in [0.25, 0.3) is 0 Å². The molecule has 0 unspecified atom stereocenters. The van der Waals surface area contributed by atoms with Gasteiger partial charge in [-0.3, -0.25) is 0 Å². The number of aryl methyl sites for hydroxylation is 2. The molecule has 5 nitrogen and oxygen atoms in total. The maximum atomic E-state index is 4.22. The van der Waals surface area contributed by atoms with Gasteiger partial charge in [-0.25, -0.2) is 9.13 Å². The summed E-state index contributed by atoms with van der Waals surface area (Å²) in [6.45, 7) is 0. The normalized spacial score (nSPS) is 10.7. The first-order valence-corrected chi connectivity index (χ1v) is 12.4. The summed E-state index contributed by atoms with van der Waals surface area (Å²) in [5, 5.41) is 0. The molecule has 0 aliphatic heterocycles. The summed E-state index contributed by atoms with van der Waals surface area (Å²) in [4.78, 5) is 4.22. The van der Waals surface area contributed by atoms with Crippen molar-refractivity contribution in [2.75, 3.05) is 0 Å². The van der Waals surface area contributed by atoms with Gasteiger partial charge < -0.3 is 13.9 Å². The smallest absolute Gasteiger partial charge is 0.302 e. The number of aromatic nitrogens is 5. The quantitative estimate of drug-likeness (QED) is 0.192. The Bertz CT molecular complexity index is 1420. The van der Waals surface area contributed by atoms with Crippen molar-refractivity contribution >= 4 is 17.3 Å². The van der Waals surface area contributed by atoms with E-state index in [0.717, 1.165) is 11.3 Å². The molecule has 7 heteroatoms. The van der Waals surface area contributed by atoms with Crippen molar-refractivity contribution in [2.24, 2.45) is 14.1 Å². The van der Waals surface area contributed by atoms with E-state index in [1.807, 2.05) is 42.5 Å². The van der Waals surface area contributed by atoms with E-state index in [1.165, 1.54) is 10.9 Å². The molecule has 0 N–H and O–H groups in total. The fourth-order valence-corrected chi connectivity index (χ4v) is 4.93. The van der Waals surface area contributed by atoms with Crippen LogP contribution in [0.3, 0.4) is 0 Å². The molecule has 3 aromatic heterocycles. The molecule has 0 atom stereocenters. The molecule has 0 fully saturated rings. The molecule has 3 heterocycles. The molecule has 0 aliphatic carbocycles. The van der Waals surface area contributed by atoms with Crippen LogP contribution < -0.4 is 10.9 Å². The van der Waals surface area contributed by atoms with Crippen molar-refractivity contribution in [3.8, 4) is 11.3 Å². The third-order valence-electron chi connectivity index (χ3n) is 6.62. The fraction of sp³-hybridized carbons (Fsp3) is 0.0645. The molecule has 1 radical (unpaired) electrons. The molecule has 38 heavy (non-hydrogen) atoms. The van der Waals surface area contributed by atoms with E-state index in [4.69, 9.17) is 0 Å². The van der Waals surface area contributed by atoms with Gasteiger partial charge in [0.2, 0.25) is 0 Å². The summed E-state index contributed by atoms with van der Waals surface area (Å²) in [7, 11) is 4.12. The zero-order valence-corrected chi connectivity index (χ0v) is 23.9.